The summed E-state index contributed by atoms with van der Waals surface area (Å²) >= 11 is 0. The van der Waals surface area contributed by atoms with Crippen LogP contribution in [-0.4, -0.2) is 10.8 Å². The molecule has 0 amide bonds. The summed E-state index contributed by atoms with van der Waals surface area (Å²) in [5, 5.41) is 3.44. The summed E-state index contributed by atoms with van der Waals surface area (Å²) in [4.78, 5) is 8.90. The first-order valence-electron chi connectivity index (χ1n) is 8.85. The number of aromatic nitrogens is 1. The van der Waals surface area contributed by atoms with Crippen LogP contribution in [0.4, 0.5) is 11.4 Å². The fraction of sp³-hybridized carbons (Fsp3) is 0. The predicted octanol–water partition coefficient (Wildman–Crippen LogP) is 5.94. The number of hydrogen-bond donors (Lipinski definition) is 1. The molecule has 3 heteroatoms. The number of nitrogens with one attached hydrogen (secondary N) is 1. The van der Waals surface area contributed by atoms with E-state index in [1.165, 1.54) is 0 Å². The molecule has 1 N–H and O–H groups in total. The van der Waals surface area contributed by atoms with Gasteiger partial charge in [0.1, 0.15) is 5.84 Å². The Balaban J connectivity index is 1.69. The Hall–Kier alpha value is -3.72. The zero-order valence-corrected chi connectivity index (χ0v) is 14.8. The highest BCUT2D eigenvalue weighted by molar-refractivity contribution is 6.09. The maximum absolute atomic E-state index is 4.82. The van der Waals surface area contributed by atoms with Gasteiger partial charge in [0.2, 0.25) is 0 Å². The van der Waals surface area contributed by atoms with E-state index in [2.05, 4.69) is 34.6 Å². The Morgan fingerprint density at radius 2 is 1.22 bits per heavy atom. The summed E-state index contributed by atoms with van der Waals surface area (Å²) in [6, 6.07) is 32.5. The number of benzene rings is 3. The fourth-order valence-corrected chi connectivity index (χ4v) is 2.82. The number of nitrogens with zero attached hydrogens (tertiary/aromatic N) is 2. The molecule has 4 aromatic rings. The van der Waals surface area contributed by atoms with Gasteiger partial charge in [-0.2, -0.15) is 0 Å². The molecule has 1 heterocycles. The van der Waals surface area contributed by atoms with Crippen LogP contribution in [0.5, 0.6) is 0 Å². The number of pyridine rings is 1. The lowest BCUT2D eigenvalue weighted by Crippen LogP contribution is -2.13. The number of para-hydroxylation sites is 2. The Bertz CT molecular complexity index is 1010. The van der Waals surface area contributed by atoms with Crippen molar-refractivity contribution in [3.63, 3.8) is 0 Å². The van der Waals surface area contributed by atoms with Gasteiger partial charge in [-0.3, -0.25) is 4.98 Å². The molecule has 0 saturated carbocycles. The minimum atomic E-state index is 0.814. The zero-order valence-electron chi connectivity index (χ0n) is 14.8. The van der Waals surface area contributed by atoms with Crippen molar-refractivity contribution in [1.82, 2.24) is 4.98 Å². The van der Waals surface area contributed by atoms with Gasteiger partial charge in [0.05, 0.1) is 5.69 Å². The molecule has 0 unspecified atom stereocenters. The summed E-state index contributed by atoms with van der Waals surface area (Å²) in [7, 11) is 0. The van der Waals surface area contributed by atoms with Crippen LogP contribution in [0.1, 0.15) is 5.56 Å². The van der Waals surface area contributed by atoms with E-state index in [1.54, 1.807) is 0 Å². The van der Waals surface area contributed by atoms with E-state index in [4.69, 9.17) is 4.99 Å². The average molecular weight is 349 g/mol. The smallest absolute Gasteiger partial charge is 0.138 e. The van der Waals surface area contributed by atoms with Crippen molar-refractivity contribution in [2.45, 2.75) is 0 Å². The number of aliphatic imine (C=N–C) groups is 1. The van der Waals surface area contributed by atoms with Gasteiger partial charge in [-0.15, -0.1) is 0 Å². The lowest BCUT2D eigenvalue weighted by molar-refractivity contribution is 1.33. The van der Waals surface area contributed by atoms with Crippen LogP contribution in [0.25, 0.3) is 11.1 Å². The second-order valence-corrected chi connectivity index (χ2v) is 6.10. The van der Waals surface area contributed by atoms with Gasteiger partial charge < -0.3 is 5.32 Å². The van der Waals surface area contributed by atoms with Crippen LogP contribution < -0.4 is 5.32 Å². The third-order valence-corrected chi connectivity index (χ3v) is 4.21. The minimum Gasteiger partial charge on any atom is -0.340 e. The molecular formula is C24H19N3. The lowest BCUT2D eigenvalue weighted by atomic mass is 10.0. The van der Waals surface area contributed by atoms with E-state index < -0.39 is 0 Å². The van der Waals surface area contributed by atoms with Gasteiger partial charge in [-0.1, -0.05) is 60.7 Å². The van der Waals surface area contributed by atoms with Crippen LogP contribution in [0, 0.1) is 0 Å². The molecule has 0 bridgehead atoms. The molecule has 130 valence electrons. The fourth-order valence-electron chi connectivity index (χ4n) is 2.82. The summed E-state index contributed by atoms with van der Waals surface area (Å²) in [6.45, 7) is 0. The maximum Gasteiger partial charge on any atom is 0.138 e. The third kappa shape index (κ3) is 4.28. The van der Waals surface area contributed by atoms with Crippen LogP contribution in [0.2, 0.25) is 0 Å². The van der Waals surface area contributed by atoms with Crippen molar-refractivity contribution in [3.8, 4) is 11.1 Å². The van der Waals surface area contributed by atoms with Gasteiger partial charge in [0.15, 0.2) is 0 Å². The molecule has 0 spiro atoms. The van der Waals surface area contributed by atoms with Crippen molar-refractivity contribution in [3.05, 3.63) is 115 Å². The highest BCUT2D eigenvalue weighted by atomic mass is 15.0. The quantitative estimate of drug-likeness (QED) is 0.366. The van der Waals surface area contributed by atoms with Crippen molar-refractivity contribution in [2.24, 2.45) is 4.99 Å². The van der Waals surface area contributed by atoms with E-state index >= 15 is 0 Å². The van der Waals surface area contributed by atoms with Gasteiger partial charge in [0, 0.05) is 23.6 Å². The van der Waals surface area contributed by atoms with Gasteiger partial charge >= 0.3 is 0 Å². The Morgan fingerprint density at radius 3 is 1.89 bits per heavy atom. The first-order valence-corrected chi connectivity index (χ1v) is 8.85. The van der Waals surface area contributed by atoms with Crippen LogP contribution in [0.3, 0.4) is 0 Å². The second-order valence-electron chi connectivity index (χ2n) is 6.10. The van der Waals surface area contributed by atoms with E-state index in [0.717, 1.165) is 33.9 Å². The van der Waals surface area contributed by atoms with E-state index in [0.29, 0.717) is 0 Å². The van der Waals surface area contributed by atoms with Gasteiger partial charge in [-0.05, 0) is 47.5 Å². The Morgan fingerprint density at radius 1 is 0.630 bits per heavy atom. The topological polar surface area (TPSA) is 37.3 Å². The van der Waals surface area contributed by atoms with Crippen molar-refractivity contribution < 1.29 is 0 Å². The molecule has 0 saturated heterocycles. The molecule has 3 nitrogen and oxygen atoms in total. The van der Waals surface area contributed by atoms with Crippen LogP contribution >= 0.6 is 0 Å². The van der Waals surface area contributed by atoms with Crippen LogP contribution in [0.15, 0.2) is 114 Å². The first kappa shape index (κ1) is 16.7. The molecule has 0 aliphatic heterocycles. The number of rotatable bonds is 4. The predicted molar refractivity (Wildman–Crippen MR) is 112 cm³/mol. The van der Waals surface area contributed by atoms with E-state index in [1.807, 2.05) is 85.2 Å². The van der Waals surface area contributed by atoms with Gasteiger partial charge in [0.25, 0.3) is 0 Å². The molecule has 0 aliphatic rings. The lowest BCUT2D eigenvalue weighted by Gasteiger charge is -2.11. The molecule has 3 aromatic carbocycles. The number of anilines is 1. The molecule has 1 aromatic heterocycles. The van der Waals surface area contributed by atoms with Crippen molar-refractivity contribution in [2.75, 3.05) is 5.32 Å². The minimum absolute atomic E-state index is 0.814. The third-order valence-electron chi connectivity index (χ3n) is 4.21. The molecular weight excluding hydrogens is 330 g/mol. The Kier molecular flexibility index (Phi) is 5.02. The monoisotopic (exact) mass is 349 g/mol. The molecule has 0 aliphatic carbocycles. The van der Waals surface area contributed by atoms with E-state index in [9.17, 15) is 0 Å². The zero-order chi connectivity index (χ0) is 18.3. The van der Waals surface area contributed by atoms with Gasteiger partial charge in [-0.25, -0.2) is 4.99 Å². The summed E-state index contributed by atoms with van der Waals surface area (Å²) in [5.74, 6) is 0.814. The highest BCUT2D eigenvalue weighted by Crippen LogP contribution is 2.21. The SMILES string of the molecule is c1ccc(N=C(Nc2ccccc2)c2ccc(-c3ccncc3)cc2)cc1. The summed E-state index contributed by atoms with van der Waals surface area (Å²) in [6.07, 6.45) is 3.62. The Labute approximate surface area is 159 Å². The summed E-state index contributed by atoms with van der Waals surface area (Å²) in [5.41, 5.74) is 5.24. The summed E-state index contributed by atoms with van der Waals surface area (Å²) < 4.78 is 0. The average Bonchev–Trinajstić information content (AvgIpc) is 2.76. The number of amidine groups is 1. The molecule has 0 radical (unpaired) electrons. The molecule has 27 heavy (non-hydrogen) atoms. The maximum atomic E-state index is 4.82. The molecule has 0 atom stereocenters. The number of hydrogen-bond acceptors (Lipinski definition) is 2. The van der Waals surface area contributed by atoms with Crippen LogP contribution in [-0.2, 0) is 0 Å². The molecule has 0 fully saturated rings. The normalized spacial score (nSPS) is 11.2. The largest absolute Gasteiger partial charge is 0.340 e. The highest BCUT2D eigenvalue weighted by Gasteiger charge is 2.06. The standard InChI is InChI=1S/C24H19N3/c1-3-7-22(8-4-1)26-24(27-23-9-5-2-6-10-23)21-13-11-19(12-14-21)20-15-17-25-18-16-20/h1-18H,(H,26,27). The molecule has 4 rings (SSSR count). The second kappa shape index (κ2) is 8.11. The first-order chi connectivity index (χ1) is 13.4. The van der Waals surface area contributed by atoms with Crippen molar-refractivity contribution >= 4 is 17.2 Å². The van der Waals surface area contributed by atoms with E-state index in [-0.39, 0.29) is 0 Å². The van der Waals surface area contributed by atoms with Crippen molar-refractivity contribution in [1.29, 1.82) is 0 Å².